The van der Waals surface area contributed by atoms with Crippen LogP contribution in [-0.4, -0.2) is 11.7 Å². The summed E-state index contributed by atoms with van der Waals surface area (Å²) in [6, 6.07) is 0. The fourth-order valence-corrected chi connectivity index (χ4v) is 4.07. The molecule has 0 amide bonds. The maximum absolute atomic E-state index is 9.81. The van der Waals surface area contributed by atoms with Gasteiger partial charge in [-0.1, -0.05) is 124 Å². The van der Waals surface area contributed by atoms with Crippen LogP contribution in [0, 0.1) is 11.8 Å². The third-order valence-corrected chi connectivity index (χ3v) is 5.82. The van der Waals surface area contributed by atoms with Crippen molar-refractivity contribution in [1.29, 1.82) is 0 Å². The molecule has 0 aromatic carbocycles. The molecular weight excluding hydrogens is 304 g/mol. The summed E-state index contributed by atoms with van der Waals surface area (Å²) < 4.78 is 0. The number of hydrogen-bond donors (Lipinski definition) is 1. The summed E-state index contributed by atoms with van der Waals surface area (Å²) in [5.74, 6) is 1.43. The molecule has 0 aliphatic rings. The average molecular weight is 355 g/mol. The van der Waals surface area contributed by atoms with Gasteiger partial charge in [0.1, 0.15) is 0 Å². The van der Waals surface area contributed by atoms with Crippen LogP contribution < -0.4 is 0 Å². The molecule has 1 nitrogen and oxygen atoms in total. The Labute approximate surface area is 160 Å². The summed E-state index contributed by atoms with van der Waals surface area (Å²) in [7, 11) is 0. The van der Waals surface area contributed by atoms with Gasteiger partial charge in [0, 0.05) is 6.61 Å². The van der Waals surface area contributed by atoms with Crippen LogP contribution in [0.3, 0.4) is 0 Å². The lowest BCUT2D eigenvalue weighted by molar-refractivity contribution is 0.181. The third-order valence-electron chi connectivity index (χ3n) is 5.82. The highest BCUT2D eigenvalue weighted by molar-refractivity contribution is 4.68. The predicted octanol–water partition coefficient (Wildman–Crippen LogP) is 8.29. The van der Waals surface area contributed by atoms with Gasteiger partial charge in [-0.05, 0) is 24.7 Å². The maximum atomic E-state index is 9.81. The molecule has 0 radical (unpaired) electrons. The van der Waals surface area contributed by atoms with Gasteiger partial charge >= 0.3 is 0 Å². The van der Waals surface area contributed by atoms with Crippen molar-refractivity contribution in [3.63, 3.8) is 0 Å². The van der Waals surface area contributed by atoms with Crippen molar-refractivity contribution >= 4 is 0 Å². The van der Waals surface area contributed by atoms with Gasteiger partial charge in [0.2, 0.25) is 0 Å². The molecule has 1 N–H and O–H groups in total. The van der Waals surface area contributed by atoms with Crippen molar-refractivity contribution in [3.8, 4) is 0 Å². The summed E-state index contributed by atoms with van der Waals surface area (Å²) in [6.45, 7) is 7.28. The summed E-state index contributed by atoms with van der Waals surface area (Å²) >= 11 is 0. The average Bonchev–Trinajstić information content (AvgIpc) is 2.63. The second-order valence-corrected chi connectivity index (χ2v) is 8.41. The van der Waals surface area contributed by atoms with Gasteiger partial charge in [0.25, 0.3) is 0 Å². The van der Waals surface area contributed by atoms with Gasteiger partial charge in [-0.25, -0.2) is 0 Å². The van der Waals surface area contributed by atoms with E-state index in [0.717, 1.165) is 5.92 Å². The monoisotopic (exact) mass is 354 g/mol. The minimum atomic E-state index is 0.411. The Morgan fingerprint density at radius 2 is 0.840 bits per heavy atom. The lowest BCUT2D eigenvalue weighted by Crippen LogP contribution is -2.13. The van der Waals surface area contributed by atoms with Crippen LogP contribution in [0.15, 0.2) is 0 Å². The third kappa shape index (κ3) is 17.1. The molecule has 2 atom stereocenters. The summed E-state index contributed by atoms with van der Waals surface area (Å²) in [5.41, 5.74) is 0. The smallest absolute Gasteiger partial charge is 0.0459 e. The molecule has 0 spiro atoms. The highest BCUT2D eigenvalue weighted by Crippen LogP contribution is 2.27. The molecule has 0 aliphatic carbocycles. The van der Waals surface area contributed by atoms with Crippen molar-refractivity contribution < 1.29 is 5.11 Å². The van der Waals surface area contributed by atoms with E-state index >= 15 is 0 Å². The first-order valence-corrected chi connectivity index (χ1v) is 11.9. The van der Waals surface area contributed by atoms with E-state index in [-0.39, 0.29) is 0 Å². The minimum absolute atomic E-state index is 0.411. The lowest BCUT2D eigenvalue weighted by Gasteiger charge is -2.23. The largest absolute Gasteiger partial charge is 0.396 e. The SMILES string of the molecule is CCCCCCCCC(CCCCCC)CC(CO)CCCCCC. The van der Waals surface area contributed by atoms with Gasteiger partial charge in [0.05, 0.1) is 0 Å². The topological polar surface area (TPSA) is 20.2 Å². The lowest BCUT2D eigenvalue weighted by atomic mass is 9.84. The van der Waals surface area contributed by atoms with Crippen molar-refractivity contribution in [2.45, 2.75) is 136 Å². The Hall–Kier alpha value is -0.0400. The molecule has 152 valence electrons. The quantitative estimate of drug-likeness (QED) is 0.218. The molecule has 1 heteroatoms. The Morgan fingerprint density at radius 1 is 0.480 bits per heavy atom. The molecular formula is C24H50O. The van der Waals surface area contributed by atoms with Crippen LogP contribution in [0.4, 0.5) is 0 Å². The van der Waals surface area contributed by atoms with Gasteiger partial charge in [-0.3, -0.25) is 0 Å². The maximum Gasteiger partial charge on any atom is 0.0459 e. The number of aliphatic hydroxyl groups is 1. The predicted molar refractivity (Wildman–Crippen MR) is 114 cm³/mol. The van der Waals surface area contributed by atoms with E-state index in [2.05, 4.69) is 20.8 Å². The van der Waals surface area contributed by atoms with E-state index < -0.39 is 0 Å². The van der Waals surface area contributed by atoms with E-state index in [0.29, 0.717) is 12.5 Å². The first kappa shape index (κ1) is 25.0. The van der Waals surface area contributed by atoms with Crippen LogP contribution >= 0.6 is 0 Å². The standard InChI is InChI=1S/C24H50O/c1-4-7-10-13-14-17-19-23(18-15-11-8-5-2)21-24(22-25)20-16-12-9-6-3/h23-25H,4-22H2,1-3H3. The van der Waals surface area contributed by atoms with Gasteiger partial charge in [-0.2, -0.15) is 0 Å². The zero-order chi connectivity index (χ0) is 18.6. The summed E-state index contributed by atoms with van der Waals surface area (Å²) in [5, 5.41) is 9.81. The van der Waals surface area contributed by atoms with Crippen LogP contribution in [0.5, 0.6) is 0 Å². The molecule has 0 aromatic heterocycles. The van der Waals surface area contributed by atoms with Crippen molar-refractivity contribution in [1.82, 2.24) is 0 Å². The molecule has 0 aromatic rings. The van der Waals surface area contributed by atoms with Crippen molar-refractivity contribution in [3.05, 3.63) is 0 Å². The Bertz CT molecular complexity index is 238. The molecule has 0 fully saturated rings. The minimum Gasteiger partial charge on any atom is -0.396 e. The zero-order valence-corrected chi connectivity index (χ0v) is 18.0. The van der Waals surface area contributed by atoms with Gasteiger partial charge < -0.3 is 5.11 Å². The number of unbranched alkanes of at least 4 members (excludes halogenated alkanes) is 11. The van der Waals surface area contributed by atoms with Crippen LogP contribution in [0.2, 0.25) is 0 Å². The van der Waals surface area contributed by atoms with Crippen LogP contribution in [-0.2, 0) is 0 Å². The Balaban J connectivity index is 4.10. The molecule has 0 aliphatic heterocycles. The zero-order valence-electron chi connectivity index (χ0n) is 18.0. The number of aliphatic hydroxyl groups excluding tert-OH is 1. The first-order chi connectivity index (χ1) is 12.3. The second-order valence-electron chi connectivity index (χ2n) is 8.41. The molecule has 0 heterocycles. The molecule has 0 bridgehead atoms. The van der Waals surface area contributed by atoms with Crippen LogP contribution in [0.25, 0.3) is 0 Å². The fourth-order valence-electron chi connectivity index (χ4n) is 4.07. The number of hydrogen-bond acceptors (Lipinski definition) is 1. The van der Waals surface area contributed by atoms with E-state index in [1.807, 2.05) is 0 Å². The molecule has 0 saturated carbocycles. The molecule has 0 saturated heterocycles. The van der Waals surface area contributed by atoms with Gasteiger partial charge in [-0.15, -0.1) is 0 Å². The van der Waals surface area contributed by atoms with E-state index in [4.69, 9.17) is 0 Å². The Kier molecular flexibility index (Phi) is 20.2. The highest BCUT2D eigenvalue weighted by atomic mass is 16.3. The van der Waals surface area contributed by atoms with Gasteiger partial charge in [0.15, 0.2) is 0 Å². The first-order valence-electron chi connectivity index (χ1n) is 11.9. The number of rotatable bonds is 20. The molecule has 25 heavy (non-hydrogen) atoms. The van der Waals surface area contributed by atoms with E-state index in [1.165, 1.54) is 116 Å². The summed E-state index contributed by atoms with van der Waals surface area (Å²) in [6.07, 6.45) is 24.7. The van der Waals surface area contributed by atoms with Crippen LogP contribution in [0.1, 0.15) is 136 Å². The van der Waals surface area contributed by atoms with Crippen molar-refractivity contribution in [2.24, 2.45) is 11.8 Å². The highest BCUT2D eigenvalue weighted by Gasteiger charge is 2.16. The fraction of sp³-hybridized carbons (Fsp3) is 1.00. The van der Waals surface area contributed by atoms with E-state index in [9.17, 15) is 5.11 Å². The van der Waals surface area contributed by atoms with E-state index in [1.54, 1.807) is 0 Å². The molecule has 2 unspecified atom stereocenters. The summed E-state index contributed by atoms with van der Waals surface area (Å²) in [4.78, 5) is 0. The van der Waals surface area contributed by atoms with Crippen molar-refractivity contribution in [2.75, 3.05) is 6.61 Å². The second kappa shape index (κ2) is 20.3. The normalized spacial score (nSPS) is 13.9. The molecule has 0 rings (SSSR count). The Morgan fingerprint density at radius 3 is 1.28 bits per heavy atom.